The van der Waals surface area contributed by atoms with Crippen LogP contribution in [0.25, 0.3) is 0 Å². The van der Waals surface area contributed by atoms with Gasteiger partial charge in [-0.2, -0.15) is 0 Å². The van der Waals surface area contributed by atoms with E-state index in [-0.39, 0.29) is 17.3 Å². The van der Waals surface area contributed by atoms with Crippen molar-refractivity contribution in [2.24, 2.45) is 0 Å². The summed E-state index contributed by atoms with van der Waals surface area (Å²) in [6.45, 7) is 1.98. The third-order valence-electron chi connectivity index (χ3n) is 2.39. The lowest BCUT2D eigenvalue weighted by Gasteiger charge is -2.07. The van der Waals surface area contributed by atoms with Crippen LogP contribution in [0.1, 0.15) is 27.2 Å². The molecule has 0 saturated carbocycles. The number of nitrogens with one attached hydrogen (secondary N) is 1. The highest BCUT2D eigenvalue weighted by Gasteiger charge is 2.17. The zero-order valence-electron chi connectivity index (χ0n) is 10.9. The molecular formula is C13H10Br2N2O3S. The van der Waals surface area contributed by atoms with E-state index in [2.05, 4.69) is 42.2 Å². The molecule has 0 aliphatic carbocycles. The average Bonchev–Trinajstić information content (AvgIpc) is 2.93. The number of rotatable bonds is 4. The molecule has 0 atom stereocenters. The molecule has 5 nitrogen and oxygen atoms in total. The van der Waals surface area contributed by atoms with Gasteiger partial charge >= 0.3 is 5.97 Å². The predicted molar refractivity (Wildman–Crippen MR) is 87.9 cm³/mol. The van der Waals surface area contributed by atoms with Crippen molar-refractivity contribution in [3.8, 4) is 0 Å². The Morgan fingerprint density at radius 2 is 2.00 bits per heavy atom. The van der Waals surface area contributed by atoms with Gasteiger partial charge in [-0.05, 0) is 50.9 Å². The second-order valence-corrected chi connectivity index (χ2v) is 6.38. The van der Waals surface area contributed by atoms with Crippen LogP contribution in [0, 0.1) is 0 Å². The Morgan fingerprint density at radius 3 is 2.62 bits per heavy atom. The summed E-state index contributed by atoms with van der Waals surface area (Å²) in [7, 11) is 0. The van der Waals surface area contributed by atoms with Gasteiger partial charge in [0, 0.05) is 14.3 Å². The molecule has 0 bridgehead atoms. The summed E-state index contributed by atoms with van der Waals surface area (Å²) in [5, 5.41) is 4.42. The van der Waals surface area contributed by atoms with E-state index in [4.69, 9.17) is 4.74 Å². The normalized spacial score (nSPS) is 10.2. The number of thiazole rings is 1. The van der Waals surface area contributed by atoms with E-state index >= 15 is 0 Å². The van der Waals surface area contributed by atoms with Crippen LogP contribution in [0.15, 0.2) is 32.5 Å². The van der Waals surface area contributed by atoms with Crippen LogP contribution in [0.5, 0.6) is 0 Å². The summed E-state index contributed by atoms with van der Waals surface area (Å²) >= 11 is 7.80. The van der Waals surface area contributed by atoms with Crippen LogP contribution in [0.3, 0.4) is 0 Å². The van der Waals surface area contributed by atoms with E-state index in [1.807, 2.05) is 18.2 Å². The molecule has 8 heteroatoms. The number of benzene rings is 1. The largest absolute Gasteiger partial charge is 0.461 e. The molecule has 0 saturated heterocycles. The summed E-state index contributed by atoms with van der Waals surface area (Å²) in [4.78, 5) is 27.7. The van der Waals surface area contributed by atoms with Crippen LogP contribution in [0.4, 0.5) is 5.69 Å². The summed E-state index contributed by atoms with van der Waals surface area (Å²) in [5.41, 5.74) is 0.777. The molecule has 0 spiro atoms. The number of hydrogen-bond acceptors (Lipinski definition) is 5. The van der Waals surface area contributed by atoms with Crippen LogP contribution in [-0.2, 0) is 4.74 Å². The SMILES string of the molecule is CCOC(=O)c1nc(C(=O)Nc2c(Br)cccc2Br)cs1. The molecule has 1 aromatic heterocycles. The summed E-state index contributed by atoms with van der Waals surface area (Å²) in [5.74, 6) is -0.918. The number of ether oxygens (including phenoxy) is 1. The Morgan fingerprint density at radius 1 is 1.33 bits per heavy atom. The first-order chi connectivity index (χ1) is 10.0. The fourth-order valence-corrected chi connectivity index (χ4v) is 3.35. The van der Waals surface area contributed by atoms with Crippen molar-refractivity contribution in [1.82, 2.24) is 4.98 Å². The van der Waals surface area contributed by atoms with E-state index < -0.39 is 11.9 Å². The van der Waals surface area contributed by atoms with Gasteiger partial charge in [0.25, 0.3) is 5.91 Å². The second kappa shape index (κ2) is 7.15. The topological polar surface area (TPSA) is 68.3 Å². The highest BCUT2D eigenvalue weighted by atomic mass is 79.9. The first kappa shape index (κ1) is 16.1. The standard InChI is InChI=1S/C13H10Br2N2O3S/c1-2-20-13(19)12-16-9(6-21-12)11(18)17-10-7(14)4-3-5-8(10)15/h3-6H,2H2,1H3,(H,17,18). The summed E-state index contributed by atoms with van der Waals surface area (Å²) < 4.78 is 6.32. The number of amides is 1. The third-order valence-corrected chi connectivity index (χ3v) is 4.53. The summed E-state index contributed by atoms with van der Waals surface area (Å²) in [6, 6.07) is 5.46. The Kier molecular flexibility index (Phi) is 5.49. The van der Waals surface area contributed by atoms with E-state index in [1.165, 1.54) is 5.38 Å². The van der Waals surface area contributed by atoms with Gasteiger partial charge in [0.1, 0.15) is 5.69 Å². The van der Waals surface area contributed by atoms with Crippen LogP contribution in [0.2, 0.25) is 0 Å². The minimum absolute atomic E-state index is 0.160. The maximum absolute atomic E-state index is 12.2. The lowest BCUT2D eigenvalue weighted by atomic mass is 10.3. The van der Waals surface area contributed by atoms with E-state index in [1.54, 1.807) is 6.92 Å². The molecule has 21 heavy (non-hydrogen) atoms. The van der Waals surface area contributed by atoms with Gasteiger partial charge < -0.3 is 10.1 Å². The van der Waals surface area contributed by atoms with E-state index in [0.717, 1.165) is 20.3 Å². The fraction of sp³-hybridized carbons (Fsp3) is 0.154. The second-order valence-electron chi connectivity index (χ2n) is 3.81. The van der Waals surface area contributed by atoms with Crippen molar-refractivity contribution in [3.63, 3.8) is 0 Å². The summed E-state index contributed by atoms with van der Waals surface area (Å²) in [6.07, 6.45) is 0. The van der Waals surface area contributed by atoms with E-state index in [9.17, 15) is 9.59 Å². The van der Waals surface area contributed by atoms with Crippen LogP contribution < -0.4 is 5.32 Å². The maximum Gasteiger partial charge on any atom is 0.367 e. The van der Waals surface area contributed by atoms with Crippen molar-refractivity contribution in [2.75, 3.05) is 11.9 Å². The number of anilines is 1. The first-order valence-corrected chi connectivity index (χ1v) is 8.37. The first-order valence-electron chi connectivity index (χ1n) is 5.91. The molecular weight excluding hydrogens is 424 g/mol. The number of nitrogens with zero attached hydrogens (tertiary/aromatic N) is 1. The van der Waals surface area contributed by atoms with Crippen LogP contribution >= 0.6 is 43.2 Å². The molecule has 2 aromatic rings. The number of hydrogen-bond donors (Lipinski definition) is 1. The quantitative estimate of drug-likeness (QED) is 0.737. The smallest absolute Gasteiger partial charge is 0.367 e. The number of para-hydroxylation sites is 1. The zero-order valence-corrected chi connectivity index (χ0v) is 14.8. The molecule has 1 amide bonds. The monoisotopic (exact) mass is 432 g/mol. The van der Waals surface area contributed by atoms with Gasteiger partial charge in [-0.3, -0.25) is 4.79 Å². The molecule has 0 fully saturated rings. The average molecular weight is 434 g/mol. The number of aromatic nitrogens is 1. The molecule has 0 radical (unpaired) electrons. The number of esters is 1. The fourth-order valence-electron chi connectivity index (χ4n) is 1.46. The Bertz CT molecular complexity index is 668. The van der Waals surface area contributed by atoms with Crippen molar-refractivity contribution >= 4 is 60.8 Å². The van der Waals surface area contributed by atoms with Gasteiger partial charge in [0.15, 0.2) is 0 Å². The minimum Gasteiger partial charge on any atom is -0.461 e. The van der Waals surface area contributed by atoms with E-state index in [0.29, 0.717) is 5.69 Å². The van der Waals surface area contributed by atoms with Crippen molar-refractivity contribution < 1.29 is 14.3 Å². The lowest BCUT2D eigenvalue weighted by Crippen LogP contribution is -2.14. The van der Waals surface area contributed by atoms with Gasteiger partial charge in [0.2, 0.25) is 5.01 Å². The van der Waals surface area contributed by atoms with Crippen molar-refractivity contribution in [3.05, 3.63) is 43.2 Å². The Labute approximate surface area is 142 Å². The van der Waals surface area contributed by atoms with Crippen molar-refractivity contribution in [2.45, 2.75) is 6.92 Å². The molecule has 1 heterocycles. The lowest BCUT2D eigenvalue weighted by molar-refractivity contribution is 0.0526. The molecule has 0 aliphatic heterocycles. The van der Waals surface area contributed by atoms with Crippen LogP contribution in [-0.4, -0.2) is 23.5 Å². The molecule has 1 aromatic carbocycles. The number of carbonyl (C=O) groups excluding carboxylic acids is 2. The molecule has 0 unspecified atom stereocenters. The Balaban J connectivity index is 2.16. The van der Waals surface area contributed by atoms with Gasteiger partial charge in [-0.25, -0.2) is 9.78 Å². The third kappa shape index (κ3) is 3.90. The number of carbonyl (C=O) groups is 2. The minimum atomic E-state index is -0.524. The molecule has 110 valence electrons. The predicted octanol–water partition coefficient (Wildman–Crippen LogP) is 4.10. The van der Waals surface area contributed by atoms with Gasteiger partial charge in [-0.1, -0.05) is 6.07 Å². The highest BCUT2D eigenvalue weighted by Crippen LogP contribution is 2.30. The highest BCUT2D eigenvalue weighted by molar-refractivity contribution is 9.11. The zero-order chi connectivity index (χ0) is 15.4. The molecule has 1 N–H and O–H groups in total. The maximum atomic E-state index is 12.2. The Hall–Kier alpha value is -1.25. The number of halogens is 2. The van der Waals surface area contributed by atoms with Gasteiger partial charge in [-0.15, -0.1) is 11.3 Å². The molecule has 2 rings (SSSR count). The molecule has 0 aliphatic rings. The van der Waals surface area contributed by atoms with Crippen molar-refractivity contribution in [1.29, 1.82) is 0 Å². The van der Waals surface area contributed by atoms with Gasteiger partial charge in [0.05, 0.1) is 12.3 Å².